The van der Waals surface area contributed by atoms with Gasteiger partial charge in [0, 0.05) is 12.5 Å². The van der Waals surface area contributed by atoms with Gasteiger partial charge in [-0.15, -0.1) is 0 Å². The molecule has 3 N–H and O–H groups in total. The van der Waals surface area contributed by atoms with Crippen LogP contribution in [0, 0.1) is 58.7 Å². The molecule has 24 heavy (non-hydrogen) atoms. The van der Waals surface area contributed by atoms with Gasteiger partial charge < -0.3 is 10.8 Å². The summed E-state index contributed by atoms with van der Waals surface area (Å²) >= 11 is 0. The van der Waals surface area contributed by atoms with Crippen molar-refractivity contribution in [3.63, 3.8) is 0 Å². The third-order valence-corrected chi connectivity index (χ3v) is 9.06. The quantitative estimate of drug-likeness (QED) is 0.827. The van der Waals surface area contributed by atoms with Crippen LogP contribution in [-0.2, 0) is 4.79 Å². The minimum Gasteiger partial charge on any atom is -0.396 e. The van der Waals surface area contributed by atoms with Crippen LogP contribution in [0.4, 0.5) is 0 Å². The number of rotatable bonds is 4. The van der Waals surface area contributed by atoms with Crippen molar-refractivity contribution in [3.05, 3.63) is 0 Å². The van der Waals surface area contributed by atoms with Gasteiger partial charge in [-0.3, -0.25) is 4.79 Å². The van der Waals surface area contributed by atoms with E-state index in [1.54, 1.807) is 0 Å². The normalized spacial score (nSPS) is 55.4. The number of fused-ring (bicyclic) bond motifs is 5. The van der Waals surface area contributed by atoms with Gasteiger partial charge in [0.25, 0.3) is 0 Å². The lowest BCUT2D eigenvalue weighted by atomic mass is 9.49. The highest BCUT2D eigenvalue weighted by atomic mass is 16.2. The van der Waals surface area contributed by atoms with Gasteiger partial charge in [-0.05, 0) is 84.9 Å². The third kappa shape index (κ3) is 2.15. The molecule has 4 saturated carbocycles. The highest BCUT2D eigenvalue weighted by molar-refractivity contribution is 5.79. The van der Waals surface area contributed by atoms with Gasteiger partial charge in [0.1, 0.15) is 0 Å². The second-order valence-electron chi connectivity index (χ2n) is 9.88. The molecule has 0 spiro atoms. The van der Waals surface area contributed by atoms with Crippen LogP contribution in [0.5, 0.6) is 0 Å². The maximum Gasteiger partial charge on any atom is 0.221 e. The van der Waals surface area contributed by atoms with Gasteiger partial charge in [0.05, 0.1) is 0 Å². The summed E-state index contributed by atoms with van der Waals surface area (Å²) in [5, 5.41) is 9.30. The second kappa shape index (κ2) is 5.72. The fraction of sp³-hybridized carbons (Fsp3) is 0.952. The maximum absolute atomic E-state index is 12.3. The number of hydrogen-bond acceptors (Lipinski definition) is 2. The van der Waals surface area contributed by atoms with Crippen LogP contribution in [-0.4, -0.2) is 17.6 Å². The van der Waals surface area contributed by atoms with Gasteiger partial charge >= 0.3 is 0 Å². The molecule has 136 valence electrons. The predicted molar refractivity (Wildman–Crippen MR) is 94.8 cm³/mol. The standard InChI is InChI=1S/C21H35NO2/c1-11-6-7-15-14(13(11)5-4-10-23)8-9-21(3)18(15)16-12(2)17(16)19(21)20(22)24/h11-19,23H,4-10H2,1-3H3,(H2,22,24)/t11?,12-,13-,14+,15+,16+,17-,18+,19+,21-/m0/s1. The van der Waals surface area contributed by atoms with Crippen molar-refractivity contribution in [1.29, 1.82) is 0 Å². The van der Waals surface area contributed by atoms with Crippen LogP contribution in [0.15, 0.2) is 0 Å². The van der Waals surface area contributed by atoms with Gasteiger partial charge in [-0.2, -0.15) is 0 Å². The number of nitrogens with two attached hydrogens (primary N) is 1. The minimum atomic E-state index is -0.0289. The number of aliphatic hydroxyl groups excluding tert-OH is 1. The van der Waals surface area contributed by atoms with E-state index in [-0.39, 0.29) is 17.2 Å². The lowest BCUT2D eigenvalue weighted by molar-refractivity contribution is -0.132. The molecule has 0 aromatic rings. The Kier molecular flexibility index (Phi) is 4.02. The molecular weight excluding hydrogens is 298 g/mol. The van der Waals surface area contributed by atoms with E-state index in [1.807, 2.05) is 0 Å². The summed E-state index contributed by atoms with van der Waals surface area (Å²) < 4.78 is 0. The molecule has 0 aromatic heterocycles. The highest BCUT2D eigenvalue weighted by Crippen LogP contribution is 2.76. The Labute approximate surface area is 146 Å². The van der Waals surface area contributed by atoms with Crippen LogP contribution in [0.25, 0.3) is 0 Å². The van der Waals surface area contributed by atoms with Crippen molar-refractivity contribution in [1.82, 2.24) is 0 Å². The Morgan fingerprint density at radius 3 is 2.58 bits per heavy atom. The van der Waals surface area contributed by atoms with E-state index in [0.717, 1.165) is 41.9 Å². The number of aliphatic hydroxyl groups is 1. The van der Waals surface area contributed by atoms with Crippen molar-refractivity contribution in [2.45, 2.75) is 59.3 Å². The predicted octanol–water partition coefficient (Wildman–Crippen LogP) is 3.45. The third-order valence-electron chi connectivity index (χ3n) is 9.06. The molecule has 4 aliphatic rings. The molecule has 10 atom stereocenters. The van der Waals surface area contributed by atoms with Gasteiger partial charge in [0.2, 0.25) is 5.91 Å². The molecule has 0 heterocycles. The zero-order valence-corrected chi connectivity index (χ0v) is 15.6. The van der Waals surface area contributed by atoms with Gasteiger partial charge in [0.15, 0.2) is 0 Å². The van der Waals surface area contributed by atoms with E-state index in [9.17, 15) is 9.90 Å². The van der Waals surface area contributed by atoms with E-state index in [2.05, 4.69) is 20.8 Å². The zero-order chi connectivity index (χ0) is 17.2. The van der Waals surface area contributed by atoms with Gasteiger partial charge in [-0.1, -0.05) is 27.2 Å². The van der Waals surface area contributed by atoms with Crippen LogP contribution >= 0.6 is 0 Å². The number of carbonyl (C=O) groups is 1. The minimum absolute atomic E-state index is 0.0289. The molecule has 1 unspecified atom stereocenters. The molecule has 1 amide bonds. The Morgan fingerprint density at radius 2 is 1.92 bits per heavy atom. The summed E-state index contributed by atoms with van der Waals surface area (Å²) in [5.74, 6) is 6.04. The molecule has 0 bridgehead atoms. The molecule has 3 nitrogen and oxygen atoms in total. The second-order valence-corrected chi connectivity index (χ2v) is 9.88. The zero-order valence-electron chi connectivity index (χ0n) is 15.6. The lowest BCUT2D eigenvalue weighted by Gasteiger charge is -2.55. The van der Waals surface area contributed by atoms with E-state index < -0.39 is 0 Å². The molecule has 0 radical (unpaired) electrons. The Hall–Kier alpha value is -0.570. The fourth-order valence-electron chi connectivity index (χ4n) is 8.12. The number of hydrogen-bond donors (Lipinski definition) is 2. The number of amides is 1. The van der Waals surface area contributed by atoms with Crippen LogP contribution in [0.2, 0.25) is 0 Å². The molecule has 0 aromatic carbocycles. The number of primary amides is 1. The Bertz CT molecular complexity index is 520. The first kappa shape index (κ1) is 16.9. The van der Waals surface area contributed by atoms with E-state index in [1.165, 1.54) is 32.1 Å². The first-order chi connectivity index (χ1) is 11.4. The van der Waals surface area contributed by atoms with E-state index in [0.29, 0.717) is 18.4 Å². The molecule has 4 fully saturated rings. The van der Waals surface area contributed by atoms with Crippen molar-refractivity contribution >= 4 is 5.91 Å². The summed E-state index contributed by atoms with van der Waals surface area (Å²) in [5.41, 5.74) is 6.05. The summed E-state index contributed by atoms with van der Waals surface area (Å²) in [6, 6.07) is 0. The highest BCUT2D eigenvalue weighted by Gasteiger charge is 2.73. The summed E-state index contributed by atoms with van der Waals surface area (Å²) in [7, 11) is 0. The Balaban J connectivity index is 1.62. The molecule has 3 heteroatoms. The average Bonchev–Trinajstić information content (AvgIpc) is 3.04. The van der Waals surface area contributed by atoms with Gasteiger partial charge in [-0.25, -0.2) is 0 Å². The Morgan fingerprint density at radius 1 is 1.17 bits per heavy atom. The van der Waals surface area contributed by atoms with Crippen molar-refractivity contribution in [3.8, 4) is 0 Å². The maximum atomic E-state index is 12.3. The summed E-state index contributed by atoms with van der Waals surface area (Å²) in [6.07, 6.45) is 7.28. The largest absolute Gasteiger partial charge is 0.396 e. The SMILES string of the molecule is CC1CC[C@@H]2[C@H](CC[C@@]3(C)[C@H]2[C@@H]2[C@H](C)[C@@H]2[C@@H]3C(N)=O)[C@H]1CCCO. The topological polar surface area (TPSA) is 63.3 Å². The molecule has 0 saturated heterocycles. The molecule has 4 rings (SSSR count). The van der Waals surface area contributed by atoms with E-state index >= 15 is 0 Å². The fourth-order valence-corrected chi connectivity index (χ4v) is 8.12. The van der Waals surface area contributed by atoms with Crippen molar-refractivity contribution in [2.24, 2.45) is 64.4 Å². The van der Waals surface area contributed by atoms with E-state index in [4.69, 9.17) is 5.73 Å². The number of carbonyl (C=O) groups excluding carboxylic acids is 1. The monoisotopic (exact) mass is 333 g/mol. The molecular formula is C21H35NO2. The van der Waals surface area contributed by atoms with Crippen molar-refractivity contribution < 1.29 is 9.90 Å². The van der Waals surface area contributed by atoms with Crippen LogP contribution in [0.1, 0.15) is 59.3 Å². The first-order valence-corrected chi connectivity index (χ1v) is 10.3. The first-order valence-electron chi connectivity index (χ1n) is 10.3. The smallest absolute Gasteiger partial charge is 0.221 e. The van der Waals surface area contributed by atoms with Crippen LogP contribution in [0.3, 0.4) is 0 Å². The lowest BCUT2D eigenvalue weighted by Crippen LogP contribution is -2.51. The summed E-state index contributed by atoms with van der Waals surface area (Å²) in [6.45, 7) is 7.49. The molecule has 0 aliphatic heterocycles. The molecule has 4 aliphatic carbocycles. The van der Waals surface area contributed by atoms with Crippen LogP contribution < -0.4 is 5.73 Å². The average molecular weight is 334 g/mol. The summed E-state index contributed by atoms with van der Waals surface area (Å²) in [4.78, 5) is 12.3. The van der Waals surface area contributed by atoms with Crippen molar-refractivity contribution in [2.75, 3.05) is 6.61 Å².